The number of para-hydroxylation sites is 1. The highest BCUT2D eigenvalue weighted by atomic mass is 16.5. The van der Waals surface area contributed by atoms with Crippen LogP contribution >= 0.6 is 0 Å². The van der Waals surface area contributed by atoms with Crippen molar-refractivity contribution in [3.8, 4) is 5.75 Å². The first-order valence-electron chi connectivity index (χ1n) is 8.90. The third-order valence-corrected chi connectivity index (χ3v) is 3.98. The standard InChI is InChI=1S/C21H29NO2/c1-2-3-10-15-22(16-19-11-6-4-7-12-19)17-20(23)18-24-21-13-8-5-9-14-21/h4-9,11-14,20,23H,2-3,10,15-18H2,1H3/t20-/m0/s1. The number of hydrogen-bond donors (Lipinski definition) is 1. The van der Waals surface area contributed by atoms with E-state index in [1.807, 2.05) is 36.4 Å². The van der Waals surface area contributed by atoms with E-state index in [9.17, 15) is 5.11 Å². The monoisotopic (exact) mass is 327 g/mol. The molecule has 0 aromatic heterocycles. The van der Waals surface area contributed by atoms with Crippen LogP contribution in [-0.2, 0) is 6.54 Å². The fourth-order valence-corrected chi connectivity index (χ4v) is 2.72. The summed E-state index contributed by atoms with van der Waals surface area (Å²) in [5, 5.41) is 10.3. The largest absolute Gasteiger partial charge is 0.491 e. The van der Waals surface area contributed by atoms with Crippen molar-refractivity contribution in [3.05, 3.63) is 66.2 Å². The molecule has 0 bridgehead atoms. The van der Waals surface area contributed by atoms with Crippen molar-refractivity contribution in [2.45, 2.75) is 38.8 Å². The lowest BCUT2D eigenvalue weighted by atomic mass is 10.2. The molecule has 3 nitrogen and oxygen atoms in total. The average molecular weight is 327 g/mol. The lowest BCUT2D eigenvalue weighted by Crippen LogP contribution is -2.36. The molecular weight excluding hydrogens is 298 g/mol. The minimum absolute atomic E-state index is 0.323. The highest BCUT2D eigenvalue weighted by molar-refractivity contribution is 5.21. The van der Waals surface area contributed by atoms with Crippen LogP contribution in [0.2, 0.25) is 0 Å². The third-order valence-electron chi connectivity index (χ3n) is 3.98. The molecule has 0 unspecified atom stereocenters. The van der Waals surface area contributed by atoms with E-state index in [4.69, 9.17) is 4.74 Å². The Labute approximate surface area is 145 Å². The van der Waals surface area contributed by atoms with E-state index in [0.717, 1.165) is 25.3 Å². The van der Waals surface area contributed by atoms with Crippen LogP contribution in [-0.4, -0.2) is 35.8 Å². The minimum atomic E-state index is -0.490. The van der Waals surface area contributed by atoms with Gasteiger partial charge in [0.15, 0.2) is 0 Å². The first-order chi connectivity index (χ1) is 11.8. The molecule has 2 aromatic rings. The lowest BCUT2D eigenvalue weighted by molar-refractivity contribution is 0.0649. The van der Waals surface area contributed by atoms with Gasteiger partial charge in [-0.1, -0.05) is 68.3 Å². The van der Waals surface area contributed by atoms with Crippen molar-refractivity contribution in [2.24, 2.45) is 0 Å². The number of aliphatic hydroxyl groups excluding tert-OH is 1. The molecule has 24 heavy (non-hydrogen) atoms. The maximum absolute atomic E-state index is 10.3. The lowest BCUT2D eigenvalue weighted by Gasteiger charge is -2.25. The Kier molecular flexibility index (Phi) is 8.36. The molecule has 2 aromatic carbocycles. The summed E-state index contributed by atoms with van der Waals surface area (Å²) in [5.41, 5.74) is 1.28. The van der Waals surface area contributed by atoms with Gasteiger partial charge in [-0.3, -0.25) is 4.90 Å². The van der Waals surface area contributed by atoms with E-state index in [-0.39, 0.29) is 0 Å². The molecular formula is C21H29NO2. The Balaban J connectivity index is 1.83. The van der Waals surface area contributed by atoms with Crippen molar-refractivity contribution in [1.82, 2.24) is 4.90 Å². The minimum Gasteiger partial charge on any atom is -0.491 e. The second-order valence-corrected chi connectivity index (χ2v) is 6.21. The molecule has 0 fully saturated rings. The quantitative estimate of drug-likeness (QED) is 0.630. The van der Waals surface area contributed by atoms with Gasteiger partial charge in [0.25, 0.3) is 0 Å². The Bertz CT molecular complexity index is 544. The molecule has 1 N–H and O–H groups in total. The molecule has 0 heterocycles. The van der Waals surface area contributed by atoms with Gasteiger partial charge in [-0.15, -0.1) is 0 Å². The zero-order valence-corrected chi connectivity index (χ0v) is 14.6. The van der Waals surface area contributed by atoms with Gasteiger partial charge in [0.2, 0.25) is 0 Å². The Morgan fingerprint density at radius 2 is 1.62 bits per heavy atom. The zero-order chi connectivity index (χ0) is 17.0. The Hall–Kier alpha value is -1.84. The molecule has 0 spiro atoms. The fourth-order valence-electron chi connectivity index (χ4n) is 2.72. The Morgan fingerprint density at radius 3 is 2.29 bits per heavy atom. The first-order valence-corrected chi connectivity index (χ1v) is 8.90. The number of nitrogens with zero attached hydrogens (tertiary/aromatic N) is 1. The smallest absolute Gasteiger partial charge is 0.119 e. The van der Waals surface area contributed by atoms with Crippen molar-refractivity contribution in [1.29, 1.82) is 0 Å². The van der Waals surface area contributed by atoms with Crippen molar-refractivity contribution in [2.75, 3.05) is 19.7 Å². The van der Waals surface area contributed by atoms with E-state index in [2.05, 4.69) is 36.1 Å². The zero-order valence-electron chi connectivity index (χ0n) is 14.6. The Morgan fingerprint density at radius 1 is 0.958 bits per heavy atom. The topological polar surface area (TPSA) is 32.7 Å². The summed E-state index contributed by atoms with van der Waals surface area (Å²) in [7, 11) is 0. The van der Waals surface area contributed by atoms with Crippen LogP contribution in [0.4, 0.5) is 0 Å². The molecule has 0 aliphatic carbocycles. The summed E-state index contributed by atoms with van der Waals surface area (Å²) in [4.78, 5) is 2.32. The van der Waals surface area contributed by atoms with Gasteiger partial charge >= 0.3 is 0 Å². The maximum atomic E-state index is 10.3. The fraction of sp³-hybridized carbons (Fsp3) is 0.429. The van der Waals surface area contributed by atoms with Gasteiger partial charge in [0.05, 0.1) is 0 Å². The molecule has 2 rings (SSSR count). The number of unbranched alkanes of at least 4 members (excludes halogenated alkanes) is 2. The highest BCUT2D eigenvalue weighted by Crippen LogP contribution is 2.11. The second-order valence-electron chi connectivity index (χ2n) is 6.21. The molecule has 0 saturated heterocycles. The molecule has 0 aliphatic heterocycles. The normalized spacial score (nSPS) is 12.3. The van der Waals surface area contributed by atoms with E-state index in [0.29, 0.717) is 13.2 Å². The number of aliphatic hydroxyl groups is 1. The van der Waals surface area contributed by atoms with E-state index in [1.54, 1.807) is 0 Å². The molecule has 0 saturated carbocycles. The van der Waals surface area contributed by atoms with Crippen LogP contribution in [0.15, 0.2) is 60.7 Å². The van der Waals surface area contributed by atoms with Crippen molar-refractivity contribution < 1.29 is 9.84 Å². The number of benzene rings is 2. The van der Waals surface area contributed by atoms with Crippen LogP contribution in [0.25, 0.3) is 0 Å². The molecule has 0 radical (unpaired) electrons. The third kappa shape index (κ3) is 7.16. The first kappa shape index (κ1) is 18.5. The van der Waals surface area contributed by atoms with E-state index in [1.165, 1.54) is 18.4 Å². The number of rotatable bonds is 11. The molecule has 0 amide bonds. The van der Waals surface area contributed by atoms with Crippen molar-refractivity contribution >= 4 is 0 Å². The molecule has 3 heteroatoms. The van der Waals surface area contributed by atoms with Crippen LogP contribution in [0, 0.1) is 0 Å². The second kappa shape index (κ2) is 10.8. The van der Waals surface area contributed by atoms with Gasteiger partial charge in [-0.05, 0) is 30.7 Å². The van der Waals surface area contributed by atoms with Crippen molar-refractivity contribution in [3.63, 3.8) is 0 Å². The van der Waals surface area contributed by atoms with Gasteiger partial charge < -0.3 is 9.84 Å². The predicted octanol–water partition coefficient (Wildman–Crippen LogP) is 4.12. The number of hydrogen-bond acceptors (Lipinski definition) is 3. The summed E-state index contributed by atoms with van der Waals surface area (Å²) in [6, 6.07) is 20.1. The predicted molar refractivity (Wildman–Crippen MR) is 99.2 cm³/mol. The van der Waals surface area contributed by atoms with Gasteiger partial charge in [0, 0.05) is 13.1 Å². The maximum Gasteiger partial charge on any atom is 0.119 e. The van der Waals surface area contributed by atoms with Crippen LogP contribution in [0.5, 0.6) is 5.75 Å². The highest BCUT2D eigenvalue weighted by Gasteiger charge is 2.13. The summed E-state index contributed by atoms with van der Waals surface area (Å²) >= 11 is 0. The number of ether oxygens (including phenoxy) is 1. The van der Waals surface area contributed by atoms with E-state index < -0.39 is 6.10 Å². The average Bonchev–Trinajstić information content (AvgIpc) is 2.62. The summed E-state index contributed by atoms with van der Waals surface area (Å²) in [5.74, 6) is 0.803. The molecule has 0 aliphatic rings. The molecule has 1 atom stereocenters. The van der Waals surface area contributed by atoms with Crippen LogP contribution in [0.3, 0.4) is 0 Å². The summed E-state index contributed by atoms with van der Waals surface area (Å²) in [6.07, 6.45) is 3.10. The summed E-state index contributed by atoms with van der Waals surface area (Å²) < 4.78 is 5.67. The molecule has 130 valence electrons. The van der Waals surface area contributed by atoms with Crippen LogP contribution < -0.4 is 4.74 Å². The van der Waals surface area contributed by atoms with Gasteiger partial charge in [0.1, 0.15) is 18.5 Å². The van der Waals surface area contributed by atoms with Crippen LogP contribution in [0.1, 0.15) is 31.7 Å². The van der Waals surface area contributed by atoms with Gasteiger partial charge in [-0.25, -0.2) is 0 Å². The van der Waals surface area contributed by atoms with Gasteiger partial charge in [-0.2, -0.15) is 0 Å². The van der Waals surface area contributed by atoms with E-state index >= 15 is 0 Å². The summed E-state index contributed by atoms with van der Waals surface area (Å²) in [6.45, 7) is 5.04. The SMILES string of the molecule is CCCCCN(Cc1ccccc1)C[C@H](O)COc1ccccc1.